The van der Waals surface area contributed by atoms with Gasteiger partial charge in [0.05, 0.1) is 0 Å². The van der Waals surface area contributed by atoms with Crippen molar-refractivity contribution in [1.82, 2.24) is 0 Å². The number of nitrogens with zero attached hydrogens (tertiary/aromatic N) is 4. The molecule has 0 spiro atoms. The third-order valence-electron chi connectivity index (χ3n) is 0.861. The van der Waals surface area contributed by atoms with E-state index in [1.807, 2.05) is 24.5 Å². The number of hydrogen-bond acceptors (Lipinski definition) is 4. The molecule has 0 aromatic rings. The van der Waals surface area contributed by atoms with Gasteiger partial charge in [-0.1, -0.05) is 0 Å². The summed E-state index contributed by atoms with van der Waals surface area (Å²) in [6.45, 7) is 0. The van der Waals surface area contributed by atoms with Crippen LogP contribution in [0, 0.1) is 0 Å². The van der Waals surface area contributed by atoms with Crippen LogP contribution in [0.2, 0.25) is 0 Å². The summed E-state index contributed by atoms with van der Waals surface area (Å²) in [6, 6.07) is 0. The Morgan fingerprint density at radius 1 is 0.562 bits per heavy atom. The Kier molecular flexibility index (Phi) is 3.96. The van der Waals surface area contributed by atoms with Gasteiger partial charge >= 0.3 is 29.7 Å². The van der Waals surface area contributed by atoms with E-state index in [-0.39, 0.29) is 0 Å². The van der Waals surface area contributed by atoms with Crippen molar-refractivity contribution < 1.29 is 29.4 Å². The molecule has 1 atom stereocenters. The second kappa shape index (κ2) is 4.23. The van der Waals surface area contributed by atoms with Gasteiger partial charge in [-0.25, -0.2) is 0 Å². The third kappa shape index (κ3) is 4.65. The van der Waals surface area contributed by atoms with E-state index in [1.165, 1.54) is 0 Å². The molecule has 0 aliphatic carbocycles. The van der Waals surface area contributed by atoms with Crippen molar-refractivity contribution in [3.63, 3.8) is 0 Å². The van der Waals surface area contributed by atoms with Gasteiger partial charge in [0, 0.05) is 15.5 Å². The number of hydrogen-bond donors (Lipinski definition) is 0. The standard InChI is InChI=1S/BrF7N4P4/c1-13(2)9-14(3,4)11-16(7,8)12-15(5,6)10-13. The van der Waals surface area contributed by atoms with Gasteiger partial charge in [0.2, 0.25) is 0 Å². The van der Waals surface area contributed by atoms with Crippen molar-refractivity contribution in [2.45, 2.75) is 0 Å². The lowest BCUT2D eigenvalue weighted by Gasteiger charge is -2.10. The van der Waals surface area contributed by atoms with Crippen molar-refractivity contribution in [1.29, 1.82) is 0 Å². The van der Waals surface area contributed by atoms with Crippen LogP contribution in [-0.4, -0.2) is 0 Å². The van der Waals surface area contributed by atoms with E-state index in [4.69, 9.17) is 0 Å². The zero-order valence-electron chi connectivity index (χ0n) is 6.60. The molecule has 1 heterocycles. The van der Waals surface area contributed by atoms with Gasteiger partial charge in [0.25, 0.3) is 0 Å². The van der Waals surface area contributed by atoms with Crippen molar-refractivity contribution in [2.24, 2.45) is 18.1 Å². The Bertz CT molecular complexity index is 390. The minimum Gasteiger partial charge on any atom is -0.170 e. The fourth-order valence-corrected chi connectivity index (χ4v) is 9.67. The Morgan fingerprint density at radius 2 is 0.875 bits per heavy atom. The monoisotopic (exact) mass is 392 g/mol. The first-order valence-electron chi connectivity index (χ1n) is 2.95. The maximum atomic E-state index is 13.0. The number of rotatable bonds is 0. The van der Waals surface area contributed by atoms with Gasteiger partial charge in [0.1, 0.15) is 0 Å². The first-order chi connectivity index (χ1) is 6.83. The summed E-state index contributed by atoms with van der Waals surface area (Å²) in [7, 11) is -18.3. The van der Waals surface area contributed by atoms with Crippen LogP contribution in [0.4, 0.5) is 29.4 Å². The molecule has 0 aromatic heterocycles. The molecule has 0 amide bonds. The van der Waals surface area contributed by atoms with Crippen LogP contribution in [0.5, 0.6) is 0 Å². The summed E-state index contributed by atoms with van der Waals surface area (Å²) >= 11 is 1.82. The highest BCUT2D eigenvalue weighted by molar-refractivity contribution is 9.40. The van der Waals surface area contributed by atoms with E-state index in [0.29, 0.717) is 0 Å². The predicted octanol–water partition coefficient (Wildman–Crippen LogP) is 7.97. The fraction of sp³-hybridized carbons (Fsp3) is 0. The second-order valence-corrected chi connectivity index (χ2v) is 11.4. The molecule has 16 heteroatoms. The largest absolute Gasteiger partial charge is 0.425 e. The van der Waals surface area contributed by atoms with Gasteiger partial charge in [-0.05, 0) is 0 Å². The fourth-order valence-electron chi connectivity index (χ4n) is 0.589. The summed E-state index contributed by atoms with van der Waals surface area (Å²) in [5.41, 5.74) is 0. The molecule has 1 unspecified atom stereocenters. The molecule has 0 aromatic carbocycles. The van der Waals surface area contributed by atoms with Crippen LogP contribution >= 0.6 is 45.2 Å². The normalized spacial score (nSPS) is 35.5. The Hall–Kier alpha value is 0.910. The maximum Gasteiger partial charge on any atom is 0.425 e. The second-order valence-electron chi connectivity index (χ2n) is 2.18. The van der Waals surface area contributed by atoms with Crippen LogP contribution in [0.25, 0.3) is 0 Å². The van der Waals surface area contributed by atoms with Crippen LogP contribution in [0.1, 0.15) is 0 Å². The highest BCUT2D eigenvalue weighted by Gasteiger charge is 2.38. The first kappa shape index (κ1) is 15.0. The van der Waals surface area contributed by atoms with E-state index >= 15 is 0 Å². The average Bonchev–Trinajstić information content (AvgIpc) is 1.67. The Labute approximate surface area is 93.0 Å². The van der Waals surface area contributed by atoms with E-state index in [1.54, 1.807) is 9.03 Å². The van der Waals surface area contributed by atoms with Gasteiger partial charge in [0.15, 0.2) is 0 Å². The first-order valence-corrected chi connectivity index (χ1v) is 11.0. The summed E-state index contributed by atoms with van der Waals surface area (Å²) in [5, 5.41) is 0. The maximum absolute atomic E-state index is 13.0. The van der Waals surface area contributed by atoms with E-state index in [2.05, 4.69) is 0 Å². The van der Waals surface area contributed by atoms with Crippen LogP contribution in [0.15, 0.2) is 18.1 Å². The average molecular weight is 393 g/mol. The summed E-state index contributed by atoms with van der Waals surface area (Å²) in [6.07, 6.45) is -5.05. The van der Waals surface area contributed by atoms with Crippen molar-refractivity contribution >= 4 is 45.2 Å². The van der Waals surface area contributed by atoms with Gasteiger partial charge in [-0.2, -0.15) is 4.20 Å². The lowest BCUT2D eigenvalue weighted by Crippen LogP contribution is -1.66. The van der Waals surface area contributed by atoms with Crippen molar-refractivity contribution in [2.75, 3.05) is 0 Å². The molecule has 1 aliphatic heterocycles. The smallest absolute Gasteiger partial charge is 0.170 e. The molecular formula is BrF7N4P4. The lowest BCUT2D eigenvalue weighted by molar-refractivity contribution is 0.691. The zero-order valence-corrected chi connectivity index (χ0v) is 11.8. The Morgan fingerprint density at radius 3 is 1.31 bits per heavy atom. The minimum absolute atomic E-state index is 1.56. The van der Waals surface area contributed by atoms with Crippen LogP contribution < -0.4 is 0 Å². The zero-order chi connectivity index (χ0) is 12.8. The minimum atomic E-state index is -6.22. The van der Waals surface area contributed by atoms with Gasteiger partial charge < -0.3 is 0 Å². The number of halogens is 8. The Balaban J connectivity index is 3.67. The van der Waals surface area contributed by atoms with Crippen LogP contribution in [0.3, 0.4) is 0 Å². The summed E-state index contributed by atoms with van der Waals surface area (Å²) in [5.74, 6) is 0. The quantitative estimate of drug-likeness (QED) is 0.296. The van der Waals surface area contributed by atoms with Crippen molar-refractivity contribution in [3.05, 3.63) is 0 Å². The lowest BCUT2D eigenvalue weighted by atomic mass is 13.8. The molecule has 16 heavy (non-hydrogen) atoms. The van der Waals surface area contributed by atoms with Gasteiger partial charge in [-0.15, -0.1) is 43.2 Å². The molecule has 0 fully saturated rings. The molecule has 0 radical (unpaired) electrons. The summed E-state index contributed by atoms with van der Waals surface area (Å²) in [4.78, 5) is 0. The molecule has 1 rings (SSSR count). The SMILES string of the molecule is FP1(F)=NP(F)(F)=NP(F)(Br)=NP(F)(F)=N1. The third-order valence-corrected chi connectivity index (χ3v) is 10.3. The highest BCUT2D eigenvalue weighted by atomic mass is 79.9. The molecule has 4 nitrogen and oxygen atoms in total. The predicted molar refractivity (Wildman–Crippen MR) is 54.1 cm³/mol. The molecular weight excluding hydrogens is 393 g/mol. The molecule has 96 valence electrons. The van der Waals surface area contributed by atoms with E-state index in [9.17, 15) is 29.4 Å². The molecule has 1 aliphatic rings. The molecule has 0 N–H and O–H groups in total. The van der Waals surface area contributed by atoms with Crippen LogP contribution in [-0.2, 0) is 0 Å². The van der Waals surface area contributed by atoms with E-state index < -0.39 is 29.7 Å². The van der Waals surface area contributed by atoms with E-state index in [0.717, 1.165) is 0 Å². The van der Waals surface area contributed by atoms with Crippen molar-refractivity contribution in [3.8, 4) is 0 Å². The topological polar surface area (TPSA) is 49.4 Å². The molecule has 0 saturated heterocycles. The van der Waals surface area contributed by atoms with Gasteiger partial charge in [-0.3, -0.25) is 0 Å². The molecule has 0 bridgehead atoms. The highest BCUT2D eigenvalue weighted by Crippen LogP contribution is 2.83. The molecule has 0 saturated carbocycles. The summed E-state index contributed by atoms with van der Waals surface area (Å²) < 4.78 is 95.5.